The zero-order valence-electron chi connectivity index (χ0n) is 9.29. The van der Waals surface area contributed by atoms with Gasteiger partial charge in [-0.15, -0.1) is 0 Å². The highest BCUT2D eigenvalue weighted by atomic mass is 19.1. The molecule has 0 aliphatic carbocycles. The van der Waals surface area contributed by atoms with E-state index in [9.17, 15) is 4.39 Å². The topological polar surface area (TPSA) is 38.9 Å². The van der Waals surface area contributed by atoms with Gasteiger partial charge < -0.3 is 5.73 Å². The van der Waals surface area contributed by atoms with E-state index in [1.807, 2.05) is 13.0 Å². The average molecular weight is 216 g/mol. The molecule has 82 valence electrons. The van der Waals surface area contributed by atoms with Gasteiger partial charge in [-0.25, -0.2) is 4.39 Å². The molecule has 0 radical (unpaired) electrons. The monoisotopic (exact) mass is 216 g/mol. The summed E-state index contributed by atoms with van der Waals surface area (Å²) >= 11 is 0. The summed E-state index contributed by atoms with van der Waals surface area (Å²) in [5.74, 6) is -0.209. The number of aromatic nitrogens is 1. The van der Waals surface area contributed by atoms with Gasteiger partial charge in [0, 0.05) is 11.8 Å². The first-order valence-electron chi connectivity index (χ1n) is 5.06. The summed E-state index contributed by atoms with van der Waals surface area (Å²) in [6.07, 6.45) is 3.30. The van der Waals surface area contributed by atoms with Gasteiger partial charge >= 0.3 is 0 Å². The largest absolute Gasteiger partial charge is 0.397 e. The lowest BCUT2D eigenvalue weighted by Gasteiger charge is -2.08. The summed E-state index contributed by atoms with van der Waals surface area (Å²) in [5.41, 5.74) is 9.64. The molecule has 1 heterocycles. The Morgan fingerprint density at radius 1 is 1.19 bits per heavy atom. The third kappa shape index (κ3) is 1.76. The van der Waals surface area contributed by atoms with Crippen LogP contribution in [0.4, 0.5) is 10.1 Å². The van der Waals surface area contributed by atoms with Crippen LogP contribution >= 0.6 is 0 Å². The van der Waals surface area contributed by atoms with E-state index >= 15 is 0 Å². The van der Waals surface area contributed by atoms with E-state index in [2.05, 4.69) is 4.98 Å². The second kappa shape index (κ2) is 3.93. The molecule has 0 spiro atoms. The lowest BCUT2D eigenvalue weighted by Crippen LogP contribution is -1.94. The molecule has 0 fully saturated rings. The van der Waals surface area contributed by atoms with Crippen LogP contribution in [-0.4, -0.2) is 4.98 Å². The molecule has 2 aromatic rings. The van der Waals surface area contributed by atoms with E-state index in [1.54, 1.807) is 25.4 Å². The first kappa shape index (κ1) is 10.6. The summed E-state index contributed by atoms with van der Waals surface area (Å²) in [7, 11) is 0. The highest BCUT2D eigenvalue weighted by molar-refractivity contribution is 5.71. The smallest absolute Gasteiger partial charge is 0.126 e. The van der Waals surface area contributed by atoms with Crippen molar-refractivity contribution in [3.8, 4) is 11.1 Å². The van der Waals surface area contributed by atoms with Crippen molar-refractivity contribution in [2.75, 3.05) is 5.73 Å². The van der Waals surface area contributed by atoms with Crippen LogP contribution in [0.1, 0.15) is 11.1 Å². The highest BCUT2D eigenvalue weighted by Gasteiger charge is 2.06. The van der Waals surface area contributed by atoms with Crippen LogP contribution in [0.25, 0.3) is 11.1 Å². The lowest BCUT2D eigenvalue weighted by atomic mass is 10.0. The van der Waals surface area contributed by atoms with Crippen LogP contribution in [0.3, 0.4) is 0 Å². The molecule has 0 saturated heterocycles. The average Bonchev–Trinajstić information content (AvgIpc) is 2.26. The Labute approximate surface area is 93.9 Å². The van der Waals surface area contributed by atoms with E-state index in [0.717, 1.165) is 16.7 Å². The number of nitrogens with zero attached hydrogens (tertiary/aromatic N) is 1. The predicted octanol–water partition coefficient (Wildman–Crippen LogP) is 3.09. The van der Waals surface area contributed by atoms with Crippen LogP contribution in [0.2, 0.25) is 0 Å². The van der Waals surface area contributed by atoms with Gasteiger partial charge in [0.15, 0.2) is 0 Å². The number of hydrogen-bond acceptors (Lipinski definition) is 2. The Morgan fingerprint density at radius 3 is 2.62 bits per heavy atom. The number of anilines is 1. The predicted molar refractivity (Wildman–Crippen MR) is 63.5 cm³/mol. The minimum Gasteiger partial charge on any atom is -0.397 e. The molecular weight excluding hydrogens is 203 g/mol. The quantitative estimate of drug-likeness (QED) is 0.795. The molecule has 0 saturated carbocycles. The summed E-state index contributed by atoms with van der Waals surface area (Å²) in [6, 6.07) is 5.15. The highest BCUT2D eigenvalue weighted by Crippen LogP contribution is 2.26. The zero-order chi connectivity index (χ0) is 11.7. The number of nitrogens with two attached hydrogens (primary N) is 1. The van der Waals surface area contributed by atoms with Crippen LogP contribution in [0.15, 0.2) is 30.6 Å². The molecular formula is C13H13FN2. The third-order valence-corrected chi connectivity index (χ3v) is 2.74. The van der Waals surface area contributed by atoms with Crippen molar-refractivity contribution in [1.29, 1.82) is 0 Å². The maximum absolute atomic E-state index is 13.4. The molecule has 0 aliphatic rings. The minimum absolute atomic E-state index is 0.209. The number of nitrogen functional groups attached to an aromatic ring is 1. The summed E-state index contributed by atoms with van der Waals surface area (Å²) in [4.78, 5) is 4.03. The summed E-state index contributed by atoms with van der Waals surface area (Å²) in [6.45, 7) is 3.65. The SMILES string of the molecule is Cc1ccc(-c2cncc(N)c2C)cc1F. The van der Waals surface area contributed by atoms with Gasteiger partial charge in [0.2, 0.25) is 0 Å². The first-order chi connectivity index (χ1) is 7.59. The van der Waals surface area contributed by atoms with E-state index in [4.69, 9.17) is 5.73 Å². The Balaban J connectivity index is 2.59. The van der Waals surface area contributed by atoms with Crippen molar-refractivity contribution in [1.82, 2.24) is 4.98 Å². The Bertz CT molecular complexity index is 535. The Hall–Kier alpha value is -1.90. The van der Waals surface area contributed by atoms with Crippen LogP contribution in [-0.2, 0) is 0 Å². The second-order valence-corrected chi connectivity index (χ2v) is 3.87. The molecule has 0 bridgehead atoms. The molecule has 2 nitrogen and oxygen atoms in total. The van der Waals surface area contributed by atoms with Crippen molar-refractivity contribution in [3.05, 3.63) is 47.5 Å². The Kier molecular flexibility index (Phi) is 2.60. The fourth-order valence-electron chi connectivity index (χ4n) is 1.59. The normalized spacial score (nSPS) is 10.4. The molecule has 0 amide bonds. The van der Waals surface area contributed by atoms with Crippen molar-refractivity contribution in [2.45, 2.75) is 13.8 Å². The number of hydrogen-bond donors (Lipinski definition) is 1. The molecule has 0 unspecified atom stereocenters. The third-order valence-electron chi connectivity index (χ3n) is 2.74. The first-order valence-corrected chi connectivity index (χ1v) is 5.06. The number of aryl methyl sites for hydroxylation is 1. The minimum atomic E-state index is -0.209. The molecule has 2 rings (SSSR count). The van der Waals surface area contributed by atoms with Crippen molar-refractivity contribution in [3.63, 3.8) is 0 Å². The fraction of sp³-hybridized carbons (Fsp3) is 0.154. The van der Waals surface area contributed by atoms with Crippen molar-refractivity contribution >= 4 is 5.69 Å². The van der Waals surface area contributed by atoms with Crippen LogP contribution in [0, 0.1) is 19.7 Å². The fourth-order valence-corrected chi connectivity index (χ4v) is 1.59. The van der Waals surface area contributed by atoms with Gasteiger partial charge in [0.25, 0.3) is 0 Å². The van der Waals surface area contributed by atoms with Gasteiger partial charge in [-0.05, 0) is 36.6 Å². The zero-order valence-corrected chi connectivity index (χ0v) is 9.29. The molecule has 0 aliphatic heterocycles. The van der Waals surface area contributed by atoms with Gasteiger partial charge in [-0.2, -0.15) is 0 Å². The van der Waals surface area contributed by atoms with Gasteiger partial charge in [-0.3, -0.25) is 4.98 Å². The number of rotatable bonds is 1. The maximum atomic E-state index is 13.4. The van der Waals surface area contributed by atoms with Gasteiger partial charge in [0.05, 0.1) is 11.9 Å². The van der Waals surface area contributed by atoms with E-state index in [0.29, 0.717) is 11.3 Å². The van der Waals surface area contributed by atoms with Crippen molar-refractivity contribution in [2.24, 2.45) is 0 Å². The van der Waals surface area contributed by atoms with E-state index in [1.165, 1.54) is 6.07 Å². The van der Waals surface area contributed by atoms with E-state index in [-0.39, 0.29) is 5.82 Å². The molecule has 0 atom stereocenters. The standard InChI is InChI=1S/C13H13FN2/c1-8-3-4-10(5-12(8)14)11-6-16-7-13(15)9(11)2/h3-7H,15H2,1-2H3. The molecule has 1 aromatic carbocycles. The maximum Gasteiger partial charge on any atom is 0.126 e. The molecule has 3 heteroatoms. The summed E-state index contributed by atoms with van der Waals surface area (Å²) in [5, 5.41) is 0. The number of pyridine rings is 1. The molecule has 16 heavy (non-hydrogen) atoms. The van der Waals surface area contributed by atoms with Gasteiger partial charge in [0.1, 0.15) is 5.82 Å². The Morgan fingerprint density at radius 2 is 1.94 bits per heavy atom. The van der Waals surface area contributed by atoms with Crippen molar-refractivity contribution < 1.29 is 4.39 Å². The lowest BCUT2D eigenvalue weighted by molar-refractivity contribution is 0.619. The van der Waals surface area contributed by atoms with Gasteiger partial charge in [-0.1, -0.05) is 12.1 Å². The molecule has 1 aromatic heterocycles. The second-order valence-electron chi connectivity index (χ2n) is 3.87. The van der Waals surface area contributed by atoms with Crippen LogP contribution < -0.4 is 5.73 Å². The number of benzene rings is 1. The number of halogens is 1. The summed E-state index contributed by atoms with van der Waals surface area (Å²) < 4.78 is 13.4. The van der Waals surface area contributed by atoms with E-state index < -0.39 is 0 Å². The van der Waals surface area contributed by atoms with Crippen LogP contribution in [0.5, 0.6) is 0 Å². The molecule has 2 N–H and O–H groups in total.